The Bertz CT molecular complexity index is 1390. The molecular formula is C28H33ClN4O3Si. The van der Waals surface area contributed by atoms with Gasteiger partial charge in [0.05, 0.1) is 31.6 Å². The van der Waals surface area contributed by atoms with Crippen molar-refractivity contribution in [2.24, 2.45) is 7.05 Å². The molecule has 0 aliphatic carbocycles. The number of fused-ring (bicyclic) bond motifs is 1. The van der Waals surface area contributed by atoms with Gasteiger partial charge in [-0.05, 0) is 39.9 Å². The van der Waals surface area contributed by atoms with Crippen LogP contribution in [-0.4, -0.2) is 46.7 Å². The van der Waals surface area contributed by atoms with Crippen molar-refractivity contribution in [2.45, 2.75) is 50.8 Å². The lowest BCUT2D eigenvalue weighted by Gasteiger charge is -2.44. The maximum Gasteiger partial charge on any atom is 0.330 e. The minimum absolute atomic E-state index is 0.0539. The van der Waals surface area contributed by atoms with Crippen molar-refractivity contribution in [3.05, 3.63) is 82.6 Å². The van der Waals surface area contributed by atoms with Crippen LogP contribution < -0.4 is 16.1 Å². The molecule has 0 spiro atoms. The third-order valence-electron chi connectivity index (χ3n) is 7.42. The van der Waals surface area contributed by atoms with E-state index in [1.165, 1.54) is 10.4 Å². The van der Waals surface area contributed by atoms with E-state index in [9.17, 15) is 4.79 Å². The van der Waals surface area contributed by atoms with Gasteiger partial charge in [-0.2, -0.15) is 4.98 Å². The first-order chi connectivity index (χ1) is 17.7. The minimum Gasteiger partial charge on any atom is -0.405 e. The molecule has 1 aliphatic rings. The lowest BCUT2D eigenvalue weighted by molar-refractivity contribution is -0.0355. The zero-order valence-electron chi connectivity index (χ0n) is 21.7. The number of hydrogen-bond acceptors (Lipinski definition) is 5. The molecule has 5 rings (SSSR count). The molecule has 1 aliphatic heterocycles. The van der Waals surface area contributed by atoms with Crippen LogP contribution >= 0.6 is 11.6 Å². The molecule has 7 nitrogen and oxygen atoms in total. The summed E-state index contributed by atoms with van der Waals surface area (Å²) >= 11 is 6.05. The van der Waals surface area contributed by atoms with E-state index in [4.69, 9.17) is 20.8 Å². The van der Waals surface area contributed by atoms with Gasteiger partial charge in [0.15, 0.2) is 5.65 Å². The predicted octanol–water partition coefficient (Wildman–Crippen LogP) is 4.08. The topological polar surface area (TPSA) is 71.2 Å². The average Bonchev–Trinajstić information content (AvgIpc) is 3.14. The van der Waals surface area contributed by atoms with Gasteiger partial charge in [0.1, 0.15) is 5.52 Å². The van der Waals surface area contributed by atoms with Crippen molar-refractivity contribution < 1.29 is 9.16 Å². The van der Waals surface area contributed by atoms with E-state index in [1.807, 2.05) is 12.1 Å². The summed E-state index contributed by atoms with van der Waals surface area (Å²) in [5.41, 5.74) is 1.07. The smallest absolute Gasteiger partial charge is 0.330 e. The molecule has 2 unspecified atom stereocenters. The van der Waals surface area contributed by atoms with Crippen LogP contribution in [0, 0.1) is 0 Å². The molecule has 0 amide bonds. The SMILES string of the molecule is Cn1c(=O)n(C2CCC(CO[Si](c3ccccc3)(c3ccccc3)C(C)(C)C)OC2)c2nc(Cl)ncc21. The fraction of sp³-hybridized carbons (Fsp3) is 0.393. The quantitative estimate of drug-likeness (QED) is 0.274. The third kappa shape index (κ3) is 4.67. The highest BCUT2D eigenvalue weighted by atomic mass is 35.5. The van der Waals surface area contributed by atoms with Crippen LogP contribution in [0.25, 0.3) is 11.2 Å². The molecule has 9 heteroatoms. The summed E-state index contributed by atoms with van der Waals surface area (Å²) in [7, 11) is -0.908. The molecule has 1 saturated heterocycles. The Labute approximate surface area is 223 Å². The minimum atomic E-state index is -2.63. The lowest BCUT2D eigenvalue weighted by atomic mass is 10.1. The van der Waals surface area contributed by atoms with Crippen LogP contribution in [0.1, 0.15) is 39.7 Å². The van der Waals surface area contributed by atoms with E-state index in [2.05, 4.69) is 79.3 Å². The fourth-order valence-corrected chi connectivity index (χ4v) is 10.3. The summed E-state index contributed by atoms with van der Waals surface area (Å²) in [4.78, 5) is 21.4. The van der Waals surface area contributed by atoms with Crippen LogP contribution in [0.4, 0.5) is 0 Å². The van der Waals surface area contributed by atoms with Crippen molar-refractivity contribution in [1.29, 1.82) is 0 Å². The number of aromatic nitrogens is 4. The second-order valence-electron chi connectivity index (χ2n) is 10.7. The number of aryl methyl sites for hydroxylation is 1. The average molecular weight is 537 g/mol. The summed E-state index contributed by atoms with van der Waals surface area (Å²) in [6, 6.07) is 21.1. The number of halogens is 1. The lowest BCUT2D eigenvalue weighted by Crippen LogP contribution is -2.67. The summed E-state index contributed by atoms with van der Waals surface area (Å²) in [5.74, 6) is 0. The van der Waals surface area contributed by atoms with Crippen molar-refractivity contribution in [3.63, 3.8) is 0 Å². The first-order valence-corrected chi connectivity index (χ1v) is 15.0. The molecule has 37 heavy (non-hydrogen) atoms. The zero-order chi connectivity index (χ0) is 26.2. The Balaban J connectivity index is 1.38. The molecule has 0 saturated carbocycles. The maximum absolute atomic E-state index is 13.0. The molecule has 1 fully saturated rings. The van der Waals surface area contributed by atoms with Crippen LogP contribution in [0.15, 0.2) is 71.7 Å². The Morgan fingerprint density at radius 1 is 1.05 bits per heavy atom. The van der Waals surface area contributed by atoms with Gasteiger partial charge in [-0.15, -0.1) is 0 Å². The van der Waals surface area contributed by atoms with Crippen LogP contribution in [0.2, 0.25) is 10.3 Å². The van der Waals surface area contributed by atoms with E-state index in [1.54, 1.807) is 22.4 Å². The molecule has 0 N–H and O–H groups in total. The molecule has 2 aromatic carbocycles. The highest BCUT2D eigenvalue weighted by molar-refractivity contribution is 6.99. The van der Waals surface area contributed by atoms with Gasteiger partial charge in [-0.3, -0.25) is 9.13 Å². The van der Waals surface area contributed by atoms with Gasteiger partial charge in [0.2, 0.25) is 5.28 Å². The van der Waals surface area contributed by atoms with Crippen LogP contribution in [0.5, 0.6) is 0 Å². The highest BCUT2D eigenvalue weighted by Gasteiger charge is 2.50. The van der Waals surface area contributed by atoms with Crippen molar-refractivity contribution in [3.8, 4) is 0 Å². The number of ether oxygens (including phenoxy) is 1. The van der Waals surface area contributed by atoms with Crippen molar-refractivity contribution in [2.75, 3.05) is 13.2 Å². The number of nitrogens with zero attached hydrogens (tertiary/aromatic N) is 4. The van der Waals surface area contributed by atoms with Gasteiger partial charge in [0.25, 0.3) is 8.32 Å². The number of benzene rings is 2. The second-order valence-corrected chi connectivity index (χ2v) is 15.4. The molecule has 2 atom stereocenters. The van der Waals surface area contributed by atoms with E-state index in [0.29, 0.717) is 24.4 Å². The van der Waals surface area contributed by atoms with Gasteiger partial charge in [-0.1, -0.05) is 81.4 Å². The van der Waals surface area contributed by atoms with Crippen molar-refractivity contribution >= 4 is 41.5 Å². The first kappa shape index (κ1) is 25.8. The Hall–Kier alpha value is -2.78. The Kier molecular flexibility index (Phi) is 7.11. The van der Waals surface area contributed by atoms with E-state index < -0.39 is 8.32 Å². The maximum atomic E-state index is 13.0. The summed E-state index contributed by atoms with van der Waals surface area (Å²) in [5, 5.41) is 2.53. The monoisotopic (exact) mass is 536 g/mol. The fourth-order valence-electron chi connectivity index (χ4n) is 5.55. The standard InChI is InChI=1S/C28H33ClN4O3Si/c1-28(2,3)37(22-11-7-5-8-12-22,23-13-9-6-10-14-23)36-19-21-16-15-20(18-35-21)33-25-24(32(4)27(33)34)17-30-26(29)31-25/h5-14,17,20-21H,15-16,18-19H2,1-4H3. The molecule has 194 valence electrons. The molecule has 0 bridgehead atoms. The van der Waals surface area contributed by atoms with E-state index >= 15 is 0 Å². The summed E-state index contributed by atoms with van der Waals surface area (Å²) < 4.78 is 16.6. The predicted molar refractivity (Wildman–Crippen MR) is 149 cm³/mol. The van der Waals surface area contributed by atoms with Gasteiger partial charge in [-0.25, -0.2) is 9.78 Å². The molecule has 4 aromatic rings. The molecular weight excluding hydrogens is 504 g/mol. The third-order valence-corrected chi connectivity index (χ3v) is 12.6. The number of imidazole rings is 1. The van der Waals surface area contributed by atoms with Gasteiger partial charge < -0.3 is 9.16 Å². The van der Waals surface area contributed by atoms with Crippen molar-refractivity contribution in [1.82, 2.24) is 19.1 Å². The molecule has 2 aromatic heterocycles. The number of rotatable bonds is 6. The summed E-state index contributed by atoms with van der Waals surface area (Å²) in [6.07, 6.45) is 3.11. The van der Waals surface area contributed by atoms with Gasteiger partial charge >= 0.3 is 5.69 Å². The van der Waals surface area contributed by atoms with E-state index in [-0.39, 0.29) is 28.2 Å². The normalized spacial score (nSPS) is 18.8. The highest BCUT2D eigenvalue weighted by Crippen LogP contribution is 2.37. The zero-order valence-corrected chi connectivity index (χ0v) is 23.5. The molecule has 0 radical (unpaired) electrons. The first-order valence-electron chi connectivity index (χ1n) is 12.7. The van der Waals surface area contributed by atoms with E-state index in [0.717, 1.165) is 12.8 Å². The second kappa shape index (κ2) is 10.2. The number of hydrogen-bond donors (Lipinski definition) is 0. The van der Waals surface area contributed by atoms with Crippen LogP contribution in [-0.2, 0) is 16.2 Å². The van der Waals surface area contributed by atoms with Crippen LogP contribution in [0.3, 0.4) is 0 Å². The Morgan fingerprint density at radius 2 is 1.68 bits per heavy atom. The molecule has 3 heterocycles. The largest absolute Gasteiger partial charge is 0.405 e. The Morgan fingerprint density at radius 3 is 2.22 bits per heavy atom. The summed E-state index contributed by atoms with van der Waals surface area (Å²) in [6.45, 7) is 7.73. The van der Waals surface area contributed by atoms with Gasteiger partial charge in [0, 0.05) is 7.05 Å².